The second-order valence-corrected chi connectivity index (χ2v) is 5.76. The fourth-order valence-corrected chi connectivity index (χ4v) is 2.97. The molecule has 1 atom stereocenters. The molecule has 1 aliphatic heterocycles. The number of rotatable bonds is 4. The topological polar surface area (TPSA) is 33.6 Å². The van der Waals surface area contributed by atoms with Gasteiger partial charge in [-0.15, -0.1) is 0 Å². The zero-order chi connectivity index (χ0) is 13.0. The van der Waals surface area contributed by atoms with Gasteiger partial charge in [-0.2, -0.15) is 0 Å². The molecule has 1 fully saturated rings. The van der Waals surface area contributed by atoms with E-state index < -0.39 is 0 Å². The molecule has 18 heavy (non-hydrogen) atoms. The minimum absolute atomic E-state index is 0.206. The molecule has 0 spiro atoms. The first kappa shape index (κ1) is 13.3. The van der Waals surface area contributed by atoms with Crippen LogP contribution in [-0.2, 0) is 6.54 Å². The Morgan fingerprint density at radius 3 is 3.00 bits per heavy atom. The number of nitrogens with zero attached hydrogens (tertiary/aromatic N) is 1. The lowest BCUT2D eigenvalue weighted by molar-refractivity contribution is 0.414. The van der Waals surface area contributed by atoms with Gasteiger partial charge >= 0.3 is 0 Å². The Balaban J connectivity index is 1.99. The molecule has 4 heteroatoms. The number of methoxy groups -OCH3 is 1. The number of benzene rings is 1. The van der Waals surface area contributed by atoms with Crippen molar-refractivity contribution in [1.29, 1.82) is 0 Å². The molecule has 98 valence electrons. The molecule has 0 aromatic heterocycles. The van der Waals surface area contributed by atoms with Crippen molar-refractivity contribution in [2.45, 2.75) is 32.4 Å². The van der Waals surface area contributed by atoms with E-state index in [9.17, 15) is 0 Å². The molecule has 0 bridgehead atoms. The monoisotopic (exact) mass is 264 g/mol. The van der Waals surface area contributed by atoms with Crippen LogP contribution in [0.1, 0.15) is 25.8 Å². The Morgan fingerprint density at radius 1 is 1.50 bits per heavy atom. The first-order valence-electron chi connectivity index (χ1n) is 6.23. The third-order valence-electron chi connectivity index (χ3n) is 3.26. The van der Waals surface area contributed by atoms with Crippen molar-refractivity contribution in [3.8, 4) is 5.75 Å². The van der Waals surface area contributed by atoms with Crippen LogP contribution in [0.3, 0.4) is 0 Å². The van der Waals surface area contributed by atoms with Crippen LogP contribution in [0.2, 0.25) is 0 Å². The highest BCUT2D eigenvalue weighted by Gasteiger charge is 2.30. The van der Waals surface area contributed by atoms with Crippen LogP contribution in [0.4, 0.5) is 0 Å². The summed E-state index contributed by atoms with van der Waals surface area (Å²) in [6.45, 7) is 5.15. The third-order valence-corrected chi connectivity index (χ3v) is 4.54. The Labute approximate surface area is 113 Å². The van der Waals surface area contributed by atoms with E-state index in [0.717, 1.165) is 23.1 Å². The van der Waals surface area contributed by atoms with Crippen molar-refractivity contribution < 1.29 is 4.74 Å². The van der Waals surface area contributed by atoms with Crippen LogP contribution in [0, 0.1) is 0 Å². The van der Waals surface area contributed by atoms with Crippen molar-refractivity contribution in [3.63, 3.8) is 0 Å². The van der Waals surface area contributed by atoms with Crippen LogP contribution in [0.15, 0.2) is 29.3 Å². The second kappa shape index (κ2) is 5.65. The molecule has 1 saturated heterocycles. The summed E-state index contributed by atoms with van der Waals surface area (Å²) in [5.74, 6) is 1.98. The Morgan fingerprint density at radius 2 is 2.33 bits per heavy atom. The van der Waals surface area contributed by atoms with E-state index >= 15 is 0 Å². The maximum absolute atomic E-state index is 5.21. The van der Waals surface area contributed by atoms with Crippen molar-refractivity contribution in [2.75, 3.05) is 12.9 Å². The Bertz CT molecular complexity index is 447. The van der Waals surface area contributed by atoms with E-state index in [1.54, 1.807) is 7.11 Å². The van der Waals surface area contributed by atoms with Crippen molar-refractivity contribution in [3.05, 3.63) is 29.8 Å². The Hall–Kier alpha value is -1.16. The minimum atomic E-state index is 0.206. The van der Waals surface area contributed by atoms with Crippen LogP contribution in [-0.4, -0.2) is 23.6 Å². The maximum atomic E-state index is 5.21. The molecule has 1 aromatic carbocycles. The fourth-order valence-electron chi connectivity index (χ4n) is 1.77. The molecular formula is C14H20N2OS. The molecule has 0 saturated carbocycles. The minimum Gasteiger partial charge on any atom is -0.497 e. The summed E-state index contributed by atoms with van der Waals surface area (Å²) >= 11 is 1.81. The molecule has 0 aliphatic carbocycles. The molecule has 2 rings (SSSR count). The summed E-state index contributed by atoms with van der Waals surface area (Å²) < 4.78 is 5.21. The molecule has 1 unspecified atom stereocenters. The highest BCUT2D eigenvalue weighted by Crippen LogP contribution is 2.25. The van der Waals surface area contributed by atoms with Gasteiger partial charge in [0.1, 0.15) is 5.75 Å². The number of nitrogens with one attached hydrogen (secondary N) is 1. The highest BCUT2D eigenvalue weighted by molar-refractivity contribution is 8.14. The predicted octanol–water partition coefficient (Wildman–Crippen LogP) is 3.06. The third kappa shape index (κ3) is 3.19. The van der Waals surface area contributed by atoms with Gasteiger partial charge in [0.15, 0.2) is 5.17 Å². The van der Waals surface area contributed by atoms with Gasteiger partial charge in [-0.25, -0.2) is 0 Å². The molecular weight excluding hydrogens is 244 g/mol. The van der Waals surface area contributed by atoms with E-state index in [0.29, 0.717) is 6.54 Å². The number of amidine groups is 1. The summed E-state index contributed by atoms with van der Waals surface area (Å²) in [7, 11) is 1.69. The summed E-state index contributed by atoms with van der Waals surface area (Å²) in [6, 6.07) is 8.06. The van der Waals surface area contributed by atoms with Crippen molar-refractivity contribution >= 4 is 16.9 Å². The smallest absolute Gasteiger partial charge is 0.157 e. The van der Waals surface area contributed by atoms with Crippen LogP contribution < -0.4 is 10.1 Å². The summed E-state index contributed by atoms with van der Waals surface area (Å²) in [5, 5.41) is 4.56. The lowest BCUT2D eigenvalue weighted by Gasteiger charge is -2.20. The molecule has 3 nitrogen and oxygen atoms in total. The standard InChI is InChI=1S/C14H20N2OS/c1-4-14(2)10-18-13(16-14)15-9-11-6-5-7-12(8-11)17-3/h5-8H,4,9-10H2,1-3H3,(H,15,16). The average molecular weight is 264 g/mol. The number of hydrogen-bond donors (Lipinski definition) is 1. The van der Waals surface area contributed by atoms with Gasteiger partial charge in [-0.3, -0.25) is 4.99 Å². The molecule has 1 aromatic rings. The van der Waals surface area contributed by atoms with Gasteiger partial charge < -0.3 is 10.1 Å². The number of aliphatic imine (C=N–C) groups is 1. The van der Waals surface area contributed by atoms with Gasteiger partial charge in [0.05, 0.1) is 13.7 Å². The first-order valence-corrected chi connectivity index (χ1v) is 7.22. The van der Waals surface area contributed by atoms with E-state index in [1.165, 1.54) is 5.56 Å². The second-order valence-electron chi connectivity index (χ2n) is 4.80. The molecule has 0 amide bonds. The van der Waals surface area contributed by atoms with Crippen molar-refractivity contribution in [1.82, 2.24) is 5.32 Å². The Kier molecular flexibility index (Phi) is 4.17. The van der Waals surface area contributed by atoms with E-state index in [-0.39, 0.29) is 5.54 Å². The molecule has 0 radical (unpaired) electrons. The SMILES string of the molecule is CCC1(C)CSC(=NCc2cccc(OC)c2)N1. The van der Waals surface area contributed by atoms with Gasteiger partial charge in [0.25, 0.3) is 0 Å². The zero-order valence-electron chi connectivity index (χ0n) is 11.2. The first-order chi connectivity index (χ1) is 8.65. The molecule has 1 aliphatic rings. The van der Waals surface area contributed by atoms with Crippen molar-refractivity contribution in [2.24, 2.45) is 4.99 Å². The van der Waals surface area contributed by atoms with Crippen LogP contribution in [0.5, 0.6) is 5.75 Å². The number of hydrogen-bond acceptors (Lipinski definition) is 3. The van der Waals surface area contributed by atoms with E-state index in [2.05, 4.69) is 30.2 Å². The largest absolute Gasteiger partial charge is 0.497 e. The van der Waals surface area contributed by atoms with Gasteiger partial charge in [0, 0.05) is 11.3 Å². The lowest BCUT2D eigenvalue weighted by atomic mass is 10.0. The van der Waals surface area contributed by atoms with Crippen LogP contribution >= 0.6 is 11.8 Å². The van der Waals surface area contributed by atoms with E-state index in [4.69, 9.17) is 4.74 Å². The predicted molar refractivity (Wildman–Crippen MR) is 78.4 cm³/mol. The fraction of sp³-hybridized carbons (Fsp3) is 0.500. The normalized spacial score (nSPS) is 25.2. The number of thioether (sulfide) groups is 1. The van der Waals surface area contributed by atoms with Gasteiger partial charge in [-0.05, 0) is 31.0 Å². The average Bonchev–Trinajstić information content (AvgIpc) is 2.79. The van der Waals surface area contributed by atoms with Gasteiger partial charge in [-0.1, -0.05) is 30.8 Å². The lowest BCUT2D eigenvalue weighted by Crippen LogP contribution is -2.39. The van der Waals surface area contributed by atoms with Gasteiger partial charge in [0.2, 0.25) is 0 Å². The summed E-state index contributed by atoms with van der Waals surface area (Å²) in [5.41, 5.74) is 1.38. The quantitative estimate of drug-likeness (QED) is 0.907. The summed E-state index contributed by atoms with van der Waals surface area (Å²) in [4.78, 5) is 4.63. The number of ether oxygens (including phenoxy) is 1. The molecule has 1 N–H and O–H groups in total. The van der Waals surface area contributed by atoms with E-state index in [1.807, 2.05) is 30.0 Å². The summed E-state index contributed by atoms with van der Waals surface area (Å²) in [6.07, 6.45) is 1.12. The molecule has 1 heterocycles. The highest BCUT2D eigenvalue weighted by atomic mass is 32.2. The maximum Gasteiger partial charge on any atom is 0.157 e. The zero-order valence-corrected chi connectivity index (χ0v) is 12.0. The van der Waals surface area contributed by atoms with Crippen LogP contribution in [0.25, 0.3) is 0 Å².